The van der Waals surface area contributed by atoms with E-state index in [1.807, 2.05) is 19.1 Å². The lowest BCUT2D eigenvalue weighted by molar-refractivity contribution is -0.0363. The van der Waals surface area contributed by atoms with E-state index in [0.29, 0.717) is 13.0 Å². The molecule has 1 heterocycles. The lowest BCUT2D eigenvalue weighted by Gasteiger charge is -2.22. The minimum absolute atomic E-state index is 0.0600. The van der Waals surface area contributed by atoms with E-state index in [4.69, 9.17) is 4.74 Å². The molecule has 0 radical (unpaired) electrons. The molecule has 0 aliphatic rings. The van der Waals surface area contributed by atoms with E-state index >= 15 is 0 Å². The highest BCUT2D eigenvalue weighted by atomic mass is 16.5. The number of pyridine rings is 1. The first-order valence-corrected chi connectivity index (χ1v) is 5.96. The van der Waals surface area contributed by atoms with Gasteiger partial charge in [0.25, 0.3) is 0 Å². The maximum absolute atomic E-state index is 10.1. The molecular weight excluding hydrogens is 202 g/mol. The van der Waals surface area contributed by atoms with Gasteiger partial charge in [0.05, 0.1) is 12.2 Å². The van der Waals surface area contributed by atoms with Crippen LogP contribution in [-0.4, -0.2) is 28.9 Å². The van der Waals surface area contributed by atoms with Crippen molar-refractivity contribution < 1.29 is 9.84 Å². The van der Waals surface area contributed by atoms with Gasteiger partial charge in [0.1, 0.15) is 0 Å². The average Bonchev–Trinajstić information content (AvgIpc) is 2.30. The van der Waals surface area contributed by atoms with Gasteiger partial charge in [-0.2, -0.15) is 0 Å². The number of hydrogen-bond donors (Lipinski definition) is 1. The maximum atomic E-state index is 10.1. The van der Waals surface area contributed by atoms with Crippen LogP contribution in [0.25, 0.3) is 0 Å². The molecule has 0 bridgehead atoms. The van der Waals surface area contributed by atoms with Crippen LogP contribution in [0, 0.1) is 0 Å². The molecule has 0 aromatic carbocycles. The van der Waals surface area contributed by atoms with Crippen LogP contribution in [0.3, 0.4) is 0 Å². The van der Waals surface area contributed by atoms with Gasteiger partial charge in [0.15, 0.2) is 0 Å². The third kappa shape index (κ3) is 4.29. The fourth-order valence-electron chi connectivity index (χ4n) is 1.78. The SMILES string of the molecule is CCCC(OCC)C(O)Cc1cccnc1. The summed E-state index contributed by atoms with van der Waals surface area (Å²) in [6.45, 7) is 4.71. The van der Waals surface area contributed by atoms with Crippen LogP contribution in [0.5, 0.6) is 0 Å². The molecule has 1 aromatic rings. The van der Waals surface area contributed by atoms with Gasteiger partial charge in [0, 0.05) is 25.4 Å². The molecule has 2 unspecified atom stereocenters. The summed E-state index contributed by atoms with van der Waals surface area (Å²) in [6.07, 6.45) is 5.56. The van der Waals surface area contributed by atoms with Gasteiger partial charge in [-0.1, -0.05) is 19.4 Å². The number of aliphatic hydroxyl groups is 1. The molecule has 0 amide bonds. The van der Waals surface area contributed by atoms with Crippen molar-refractivity contribution in [2.75, 3.05) is 6.61 Å². The van der Waals surface area contributed by atoms with Gasteiger partial charge in [-0.3, -0.25) is 4.98 Å². The third-order valence-corrected chi connectivity index (χ3v) is 2.55. The largest absolute Gasteiger partial charge is 0.390 e. The van der Waals surface area contributed by atoms with Crippen LogP contribution < -0.4 is 0 Å². The van der Waals surface area contributed by atoms with E-state index in [0.717, 1.165) is 18.4 Å². The van der Waals surface area contributed by atoms with Crippen LogP contribution in [-0.2, 0) is 11.2 Å². The smallest absolute Gasteiger partial charge is 0.0842 e. The average molecular weight is 223 g/mol. The number of hydrogen-bond acceptors (Lipinski definition) is 3. The number of ether oxygens (including phenoxy) is 1. The number of aromatic nitrogens is 1. The summed E-state index contributed by atoms with van der Waals surface area (Å²) in [4.78, 5) is 4.04. The topological polar surface area (TPSA) is 42.4 Å². The molecule has 1 rings (SSSR count). The summed E-state index contributed by atoms with van der Waals surface area (Å²) in [5.74, 6) is 0. The quantitative estimate of drug-likeness (QED) is 0.770. The van der Waals surface area contributed by atoms with E-state index in [9.17, 15) is 5.11 Å². The van der Waals surface area contributed by atoms with Gasteiger partial charge >= 0.3 is 0 Å². The zero-order chi connectivity index (χ0) is 11.8. The van der Waals surface area contributed by atoms with E-state index in [1.165, 1.54) is 0 Å². The molecule has 90 valence electrons. The van der Waals surface area contributed by atoms with E-state index in [1.54, 1.807) is 12.4 Å². The van der Waals surface area contributed by atoms with Gasteiger partial charge in [-0.05, 0) is 25.0 Å². The van der Waals surface area contributed by atoms with Crippen molar-refractivity contribution in [3.63, 3.8) is 0 Å². The zero-order valence-corrected chi connectivity index (χ0v) is 10.1. The molecule has 0 fully saturated rings. The highest BCUT2D eigenvalue weighted by Gasteiger charge is 2.18. The third-order valence-electron chi connectivity index (χ3n) is 2.55. The van der Waals surface area contributed by atoms with Gasteiger partial charge in [-0.25, -0.2) is 0 Å². The molecule has 0 saturated heterocycles. The first kappa shape index (κ1) is 13.1. The Hall–Kier alpha value is -0.930. The molecule has 3 heteroatoms. The molecule has 0 spiro atoms. The van der Waals surface area contributed by atoms with Crippen molar-refractivity contribution in [1.29, 1.82) is 0 Å². The first-order valence-electron chi connectivity index (χ1n) is 5.96. The Bertz CT molecular complexity index is 271. The normalized spacial score (nSPS) is 14.7. The number of aliphatic hydroxyl groups excluding tert-OH is 1. The van der Waals surface area contributed by atoms with Crippen LogP contribution >= 0.6 is 0 Å². The second-order valence-electron chi connectivity index (χ2n) is 3.92. The lowest BCUT2D eigenvalue weighted by Crippen LogP contribution is -2.30. The summed E-state index contributed by atoms with van der Waals surface area (Å²) in [6, 6.07) is 3.86. The molecule has 0 saturated carbocycles. The molecule has 0 aliphatic carbocycles. The molecule has 16 heavy (non-hydrogen) atoms. The zero-order valence-electron chi connectivity index (χ0n) is 10.1. The number of rotatable bonds is 7. The van der Waals surface area contributed by atoms with Crippen molar-refractivity contribution >= 4 is 0 Å². The van der Waals surface area contributed by atoms with Crippen molar-refractivity contribution in [3.05, 3.63) is 30.1 Å². The fraction of sp³-hybridized carbons (Fsp3) is 0.615. The minimum Gasteiger partial charge on any atom is -0.390 e. The highest BCUT2D eigenvalue weighted by Crippen LogP contribution is 2.12. The van der Waals surface area contributed by atoms with Crippen LogP contribution in [0.4, 0.5) is 0 Å². The van der Waals surface area contributed by atoms with Crippen molar-refractivity contribution in [1.82, 2.24) is 4.98 Å². The second kappa shape index (κ2) is 7.36. The molecule has 0 aliphatic heterocycles. The fourth-order valence-corrected chi connectivity index (χ4v) is 1.78. The predicted octanol–water partition coefficient (Wildman–Crippen LogP) is 2.19. The van der Waals surface area contributed by atoms with Crippen molar-refractivity contribution in [2.24, 2.45) is 0 Å². The highest BCUT2D eigenvalue weighted by molar-refractivity contribution is 5.09. The Morgan fingerprint density at radius 1 is 1.44 bits per heavy atom. The Kier molecular flexibility index (Phi) is 6.04. The predicted molar refractivity (Wildman–Crippen MR) is 64.3 cm³/mol. The Balaban J connectivity index is 2.51. The lowest BCUT2D eigenvalue weighted by atomic mass is 10.0. The molecule has 1 N–H and O–H groups in total. The van der Waals surface area contributed by atoms with Crippen LogP contribution in [0.2, 0.25) is 0 Å². The van der Waals surface area contributed by atoms with E-state index in [2.05, 4.69) is 11.9 Å². The Morgan fingerprint density at radius 3 is 2.81 bits per heavy atom. The second-order valence-corrected chi connectivity index (χ2v) is 3.92. The molecule has 1 aromatic heterocycles. The summed E-state index contributed by atoms with van der Waals surface area (Å²) < 4.78 is 5.55. The van der Waals surface area contributed by atoms with Gasteiger partial charge in [0.2, 0.25) is 0 Å². The molecule has 2 atom stereocenters. The molecular formula is C13H21NO2. The van der Waals surface area contributed by atoms with Crippen LogP contribution in [0.15, 0.2) is 24.5 Å². The first-order chi connectivity index (χ1) is 7.77. The minimum atomic E-state index is -0.441. The standard InChI is InChI=1S/C13H21NO2/c1-3-6-13(16-4-2)12(15)9-11-7-5-8-14-10-11/h5,7-8,10,12-13,15H,3-4,6,9H2,1-2H3. The summed E-state index contributed by atoms with van der Waals surface area (Å²) in [7, 11) is 0. The maximum Gasteiger partial charge on any atom is 0.0842 e. The van der Waals surface area contributed by atoms with Crippen molar-refractivity contribution in [3.8, 4) is 0 Å². The van der Waals surface area contributed by atoms with E-state index < -0.39 is 6.10 Å². The van der Waals surface area contributed by atoms with E-state index in [-0.39, 0.29) is 6.10 Å². The summed E-state index contributed by atoms with van der Waals surface area (Å²) in [5, 5.41) is 10.1. The monoisotopic (exact) mass is 223 g/mol. The molecule has 3 nitrogen and oxygen atoms in total. The Morgan fingerprint density at radius 2 is 2.25 bits per heavy atom. The summed E-state index contributed by atoms with van der Waals surface area (Å²) >= 11 is 0. The van der Waals surface area contributed by atoms with Gasteiger partial charge < -0.3 is 9.84 Å². The number of nitrogens with zero attached hydrogens (tertiary/aromatic N) is 1. The van der Waals surface area contributed by atoms with Crippen LogP contribution in [0.1, 0.15) is 32.3 Å². The van der Waals surface area contributed by atoms with Gasteiger partial charge in [-0.15, -0.1) is 0 Å². The Labute approximate surface area is 97.5 Å². The summed E-state index contributed by atoms with van der Waals surface area (Å²) in [5.41, 5.74) is 1.05. The van der Waals surface area contributed by atoms with Crippen molar-refractivity contribution in [2.45, 2.75) is 45.3 Å².